The first-order valence-electron chi connectivity index (χ1n) is 8.05. The van der Waals surface area contributed by atoms with E-state index in [-0.39, 0.29) is 4.90 Å². The van der Waals surface area contributed by atoms with Crippen molar-refractivity contribution in [2.24, 2.45) is 0 Å². The van der Waals surface area contributed by atoms with Crippen LogP contribution in [-0.4, -0.2) is 40.1 Å². The van der Waals surface area contributed by atoms with Gasteiger partial charge in [0.25, 0.3) is 10.0 Å². The highest BCUT2D eigenvalue weighted by molar-refractivity contribution is 7.92. The van der Waals surface area contributed by atoms with Crippen LogP contribution in [-0.2, 0) is 16.6 Å². The van der Waals surface area contributed by atoms with Crippen LogP contribution in [0.3, 0.4) is 0 Å². The fraction of sp³-hybridized carbons (Fsp3) is 0.312. The third-order valence-electron chi connectivity index (χ3n) is 3.89. The second-order valence-corrected chi connectivity index (χ2v) is 7.34. The van der Waals surface area contributed by atoms with Crippen LogP contribution >= 0.6 is 0 Å². The monoisotopic (exact) mass is 376 g/mol. The third kappa shape index (κ3) is 3.40. The zero-order valence-corrected chi connectivity index (χ0v) is 15.6. The summed E-state index contributed by atoms with van der Waals surface area (Å²) in [4.78, 5) is 0.135. The van der Waals surface area contributed by atoms with E-state index in [0.717, 1.165) is 6.42 Å². The van der Waals surface area contributed by atoms with E-state index in [1.807, 2.05) is 13.8 Å². The quantitative estimate of drug-likeness (QED) is 0.676. The highest BCUT2D eigenvalue weighted by Crippen LogP contribution is 2.27. The molecule has 138 valence electrons. The molecule has 1 aromatic carbocycles. The molecule has 3 aromatic rings. The number of hydrogen-bond acceptors (Lipinski definition) is 6. The number of anilines is 1. The number of aryl methyl sites for hydroxylation is 1. The van der Waals surface area contributed by atoms with Gasteiger partial charge >= 0.3 is 0 Å². The SMILES string of the molecule is CCCn1nc(-n2cnnc2)c(NS(=O)(=O)c2ccc(OC)cc2)c1C. The van der Waals surface area contributed by atoms with E-state index in [0.29, 0.717) is 29.5 Å². The molecule has 0 aliphatic carbocycles. The first-order valence-corrected chi connectivity index (χ1v) is 9.54. The number of aromatic nitrogens is 5. The maximum absolute atomic E-state index is 12.8. The summed E-state index contributed by atoms with van der Waals surface area (Å²) in [7, 11) is -2.26. The summed E-state index contributed by atoms with van der Waals surface area (Å²) in [5.74, 6) is 1.01. The van der Waals surface area contributed by atoms with E-state index in [1.165, 1.54) is 31.9 Å². The molecule has 0 saturated carbocycles. The first kappa shape index (κ1) is 17.9. The van der Waals surface area contributed by atoms with E-state index in [4.69, 9.17) is 4.74 Å². The molecule has 0 bridgehead atoms. The van der Waals surface area contributed by atoms with E-state index in [2.05, 4.69) is 20.0 Å². The molecule has 2 aromatic heterocycles. The summed E-state index contributed by atoms with van der Waals surface area (Å²) in [5, 5.41) is 12.0. The minimum atomic E-state index is -3.79. The largest absolute Gasteiger partial charge is 0.497 e. The maximum Gasteiger partial charge on any atom is 0.262 e. The standard InChI is InChI=1S/C16H20N6O3S/c1-4-9-22-12(2)15(16(19-22)21-10-17-18-11-21)20-26(23,24)14-7-5-13(25-3)6-8-14/h5-8,10-11,20H,4,9H2,1-3H3. The smallest absolute Gasteiger partial charge is 0.262 e. The lowest BCUT2D eigenvalue weighted by atomic mass is 10.3. The van der Waals surface area contributed by atoms with Crippen molar-refractivity contribution < 1.29 is 13.2 Å². The molecule has 0 fully saturated rings. The van der Waals surface area contributed by atoms with Crippen molar-refractivity contribution in [3.8, 4) is 11.6 Å². The molecule has 0 aliphatic heterocycles. The van der Waals surface area contributed by atoms with Crippen LogP contribution in [0, 0.1) is 6.92 Å². The Morgan fingerprint density at radius 1 is 1.15 bits per heavy atom. The molecule has 0 atom stereocenters. The zero-order chi connectivity index (χ0) is 18.7. The molecule has 0 unspecified atom stereocenters. The van der Waals surface area contributed by atoms with Gasteiger partial charge in [0, 0.05) is 6.54 Å². The number of methoxy groups -OCH3 is 1. The second-order valence-electron chi connectivity index (χ2n) is 5.66. The van der Waals surface area contributed by atoms with Gasteiger partial charge in [0.15, 0.2) is 5.82 Å². The van der Waals surface area contributed by atoms with Crippen LogP contribution in [0.15, 0.2) is 41.8 Å². The first-order chi connectivity index (χ1) is 12.5. The lowest BCUT2D eigenvalue weighted by Crippen LogP contribution is -2.15. The summed E-state index contributed by atoms with van der Waals surface area (Å²) in [6.07, 6.45) is 3.82. The summed E-state index contributed by atoms with van der Waals surface area (Å²) in [6.45, 7) is 4.52. The van der Waals surface area contributed by atoms with Gasteiger partial charge in [0.1, 0.15) is 24.1 Å². The average molecular weight is 376 g/mol. The van der Waals surface area contributed by atoms with Gasteiger partial charge < -0.3 is 4.74 Å². The lowest BCUT2D eigenvalue weighted by molar-refractivity contribution is 0.414. The van der Waals surface area contributed by atoms with Crippen LogP contribution in [0.25, 0.3) is 5.82 Å². The molecule has 10 heteroatoms. The van der Waals surface area contributed by atoms with Gasteiger partial charge in [-0.25, -0.2) is 8.42 Å². The zero-order valence-electron chi connectivity index (χ0n) is 14.7. The summed E-state index contributed by atoms with van der Waals surface area (Å²) < 4.78 is 36.7. The van der Waals surface area contributed by atoms with Crippen molar-refractivity contribution in [1.82, 2.24) is 24.5 Å². The molecule has 0 aliphatic rings. The summed E-state index contributed by atoms with van der Waals surface area (Å²) in [6, 6.07) is 6.18. The van der Waals surface area contributed by atoms with Crippen LogP contribution in [0.5, 0.6) is 5.75 Å². The Hall–Kier alpha value is -2.88. The highest BCUT2D eigenvalue weighted by Gasteiger charge is 2.22. The number of nitrogens with one attached hydrogen (secondary N) is 1. The Labute approximate surface area is 151 Å². The molecule has 0 spiro atoms. The van der Waals surface area contributed by atoms with E-state index in [1.54, 1.807) is 21.4 Å². The number of hydrogen-bond donors (Lipinski definition) is 1. The predicted molar refractivity (Wildman–Crippen MR) is 96.0 cm³/mol. The van der Waals surface area contributed by atoms with Crippen LogP contribution < -0.4 is 9.46 Å². The predicted octanol–water partition coefficient (Wildman–Crippen LogP) is 1.99. The van der Waals surface area contributed by atoms with E-state index < -0.39 is 10.0 Å². The molecular formula is C16H20N6O3S. The number of benzene rings is 1. The lowest BCUT2D eigenvalue weighted by Gasteiger charge is -2.10. The Bertz CT molecular complexity index is 978. The fourth-order valence-electron chi connectivity index (χ4n) is 2.52. The third-order valence-corrected chi connectivity index (χ3v) is 5.26. The van der Waals surface area contributed by atoms with Crippen LogP contribution in [0.1, 0.15) is 19.0 Å². The molecule has 26 heavy (non-hydrogen) atoms. The minimum absolute atomic E-state index is 0.135. The number of ether oxygens (including phenoxy) is 1. The highest BCUT2D eigenvalue weighted by atomic mass is 32.2. The van der Waals surface area contributed by atoms with Gasteiger partial charge in [-0.3, -0.25) is 14.0 Å². The Kier molecular flexibility index (Phi) is 4.94. The molecule has 2 heterocycles. The molecular weight excluding hydrogens is 356 g/mol. The normalized spacial score (nSPS) is 11.5. The average Bonchev–Trinajstić information content (AvgIpc) is 3.26. The van der Waals surface area contributed by atoms with Crippen molar-refractivity contribution in [3.63, 3.8) is 0 Å². The van der Waals surface area contributed by atoms with Crippen molar-refractivity contribution >= 4 is 15.7 Å². The Morgan fingerprint density at radius 3 is 2.38 bits per heavy atom. The van der Waals surface area contributed by atoms with Gasteiger partial charge in [-0.1, -0.05) is 6.92 Å². The van der Waals surface area contributed by atoms with E-state index in [9.17, 15) is 8.42 Å². The van der Waals surface area contributed by atoms with Crippen molar-refractivity contribution in [2.75, 3.05) is 11.8 Å². The van der Waals surface area contributed by atoms with Gasteiger partial charge in [-0.15, -0.1) is 10.2 Å². The van der Waals surface area contributed by atoms with Crippen LogP contribution in [0.4, 0.5) is 5.69 Å². The van der Waals surface area contributed by atoms with Gasteiger partial charge in [0.2, 0.25) is 0 Å². The molecule has 0 radical (unpaired) electrons. The van der Waals surface area contributed by atoms with Crippen molar-refractivity contribution in [2.45, 2.75) is 31.7 Å². The maximum atomic E-state index is 12.8. The Morgan fingerprint density at radius 2 is 1.81 bits per heavy atom. The summed E-state index contributed by atoms with van der Waals surface area (Å²) in [5.41, 5.74) is 1.11. The molecule has 1 N–H and O–H groups in total. The number of sulfonamides is 1. The minimum Gasteiger partial charge on any atom is -0.497 e. The van der Waals surface area contributed by atoms with Crippen molar-refractivity contribution in [1.29, 1.82) is 0 Å². The Balaban J connectivity index is 2.02. The summed E-state index contributed by atoms with van der Waals surface area (Å²) >= 11 is 0. The van der Waals surface area contributed by atoms with Gasteiger partial charge in [-0.05, 0) is 37.6 Å². The van der Waals surface area contributed by atoms with Gasteiger partial charge in [0.05, 0.1) is 17.7 Å². The van der Waals surface area contributed by atoms with Crippen LogP contribution in [0.2, 0.25) is 0 Å². The molecule has 9 nitrogen and oxygen atoms in total. The topological polar surface area (TPSA) is 104 Å². The van der Waals surface area contributed by atoms with Gasteiger partial charge in [-0.2, -0.15) is 5.10 Å². The second kappa shape index (κ2) is 7.16. The number of rotatable bonds is 7. The fourth-order valence-corrected chi connectivity index (χ4v) is 3.64. The molecule has 3 rings (SSSR count). The van der Waals surface area contributed by atoms with Crippen molar-refractivity contribution in [3.05, 3.63) is 42.6 Å². The molecule has 0 amide bonds. The number of nitrogens with zero attached hydrogens (tertiary/aromatic N) is 5. The molecule has 0 saturated heterocycles. The van der Waals surface area contributed by atoms with E-state index >= 15 is 0 Å².